The van der Waals surface area contributed by atoms with Crippen LogP contribution in [-0.4, -0.2) is 23.0 Å². The average Bonchev–Trinajstić information content (AvgIpc) is 2.90. The molecular formula is C15H24N4. The number of rotatable bonds is 3. The zero-order chi connectivity index (χ0) is 13.1. The summed E-state index contributed by atoms with van der Waals surface area (Å²) in [5.41, 5.74) is 5.43. The second kappa shape index (κ2) is 5.47. The van der Waals surface area contributed by atoms with Crippen LogP contribution in [0.2, 0.25) is 0 Å². The molecule has 0 radical (unpaired) electrons. The van der Waals surface area contributed by atoms with E-state index in [4.69, 9.17) is 5.84 Å². The smallest absolute Gasteiger partial charge is 0.0564 e. The maximum atomic E-state index is 5.44. The summed E-state index contributed by atoms with van der Waals surface area (Å²) < 4.78 is 0. The number of piperidine rings is 1. The lowest BCUT2D eigenvalue weighted by molar-refractivity contribution is 0.103. The van der Waals surface area contributed by atoms with Crippen molar-refractivity contribution in [2.24, 2.45) is 11.3 Å². The molecule has 4 nitrogen and oxygen atoms in total. The molecule has 2 aliphatic rings. The number of hydrazine groups is 1. The number of nitrogen functional groups attached to an aromatic ring is 1. The van der Waals surface area contributed by atoms with Crippen LogP contribution in [0.25, 0.3) is 0 Å². The van der Waals surface area contributed by atoms with Gasteiger partial charge in [-0.25, -0.2) is 0 Å². The molecule has 3 rings (SSSR count). The highest BCUT2D eigenvalue weighted by Gasteiger charge is 2.36. The third kappa shape index (κ3) is 2.90. The van der Waals surface area contributed by atoms with Crippen LogP contribution < -0.4 is 11.3 Å². The number of hydrogen-bond acceptors (Lipinski definition) is 4. The molecule has 3 N–H and O–H groups in total. The van der Waals surface area contributed by atoms with E-state index in [2.05, 4.69) is 15.3 Å². The number of nitrogens with two attached hydrogens (primary N) is 1. The summed E-state index contributed by atoms with van der Waals surface area (Å²) in [5, 5.41) is 0. The Morgan fingerprint density at radius 3 is 2.63 bits per heavy atom. The van der Waals surface area contributed by atoms with Crippen molar-refractivity contribution < 1.29 is 0 Å². The van der Waals surface area contributed by atoms with E-state index in [-0.39, 0.29) is 0 Å². The maximum absolute atomic E-state index is 5.44. The van der Waals surface area contributed by atoms with Crippen molar-refractivity contribution >= 4 is 5.69 Å². The van der Waals surface area contributed by atoms with Crippen molar-refractivity contribution in [3.8, 4) is 0 Å². The molecule has 2 fully saturated rings. The number of nitrogens with zero attached hydrogens (tertiary/aromatic N) is 2. The molecule has 4 heteroatoms. The monoisotopic (exact) mass is 260 g/mol. The van der Waals surface area contributed by atoms with E-state index < -0.39 is 0 Å². The third-order valence-corrected chi connectivity index (χ3v) is 4.95. The number of pyridine rings is 1. The highest BCUT2D eigenvalue weighted by atomic mass is 15.2. The molecule has 1 aliphatic heterocycles. The zero-order valence-corrected chi connectivity index (χ0v) is 11.6. The Morgan fingerprint density at radius 1 is 1.21 bits per heavy atom. The summed E-state index contributed by atoms with van der Waals surface area (Å²) >= 11 is 0. The molecule has 1 aliphatic carbocycles. The van der Waals surface area contributed by atoms with Crippen LogP contribution in [0, 0.1) is 5.41 Å². The number of nitrogens with one attached hydrogen (secondary N) is 1. The van der Waals surface area contributed by atoms with Gasteiger partial charge in [-0.3, -0.25) is 15.7 Å². The van der Waals surface area contributed by atoms with Gasteiger partial charge in [0.05, 0.1) is 11.4 Å². The Kier molecular flexibility index (Phi) is 3.71. The van der Waals surface area contributed by atoms with Crippen molar-refractivity contribution in [1.29, 1.82) is 0 Å². The minimum atomic E-state index is 0.699. The molecule has 1 spiro atoms. The van der Waals surface area contributed by atoms with Gasteiger partial charge in [-0.2, -0.15) is 0 Å². The molecule has 1 saturated heterocycles. The van der Waals surface area contributed by atoms with Gasteiger partial charge in [0.15, 0.2) is 0 Å². The molecule has 1 aromatic heterocycles. The topological polar surface area (TPSA) is 54.2 Å². The van der Waals surface area contributed by atoms with Crippen LogP contribution in [0.15, 0.2) is 18.3 Å². The summed E-state index contributed by atoms with van der Waals surface area (Å²) in [6.45, 7) is 3.40. The minimum Gasteiger partial charge on any atom is -0.324 e. The fourth-order valence-corrected chi connectivity index (χ4v) is 3.69. The molecule has 2 heterocycles. The highest BCUT2D eigenvalue weighted by molar-refractivity contribution is 5.41. The number of likely N-dealkylation sites (tertiary alicyclic amines) is 1. The van der Waals surface area contributed by atoms with Crippen LogP contribution in [0.1, 0.15) is 44.2 Å². The van der Waals surface area contributed by atoms with Gasteiger partial charge in [-0.1, -0.05) is 12.8 Å². The quantitative estimate of drug-likeness (QED) is 0.648. The van der Waals surface area contributed by atoms with Gasteiger partial charge >= 0.3 is 0 Å². The van der Waals surface area contributed by atoms with Gasteiger partial charge < -0.3 is 5.43 Å². The molecule has 0 amide bonds. The summed E-state index contributed by atoms with van der Waals surface area (Å²) in [6.07, 6.45) is 10.4. The molecule has 0 unspecified atom stereocenters. The molecule has 0 atom stereocenters. The lowest BCUT2D eigenvalue weighted by atomic mass is 9.77. The minimum absolute atomic E-state index is 0.699. The molecule has 0 bridgehead atoms. The van der Waals surface area contributed by atoms with Crippen LogP contribution in [0.3, 0.4) is 0 Å². The fraction of sp³-hybridized carbons (Fsp3) is 0.667. The normalized spacial score (nSPS) is 22.8. The van der Waals surface area contributed by atoms with E-state index in [0.29, 0.717) is 5.41 Å². The van der Waals surface area contributed by atoms with E-state index in [1.807, 2.05) is 18.3 Å². The van der Waals surface area contributed by atoms with Gasteiger partial charge in [0.25, 0.3) is 0 Å². The Hall–Kier alpha value is -1.13. The first-order chi connectivity index (χ1) is 9.30. The molecule has 1 saturated carbocycles. The van der Waals surface area contributed by atoms with E-state index >= 15 is 0 Å². The summed E-state index contributed by atoms with van der Waals surface area (Å²) in [6, 6.07) is 3.94. The first-order valence-corrected chi connectivity index (χ1v) is 7.44. The number of anilines is 1. The van der Waals surface area contributed by atoms with Crippen molar-refractivity contribution in [3.05, 3.63) is 24.0 Å². The van der Waals surface area contributed by atoms with Gasteiger partial charge in [0, 0.05) is 12.7 Å². The van der Waals surface area contributed by atoms with Gasteiger partial charge in [-0.05, 0) is 56.3 Å². The van der Waals surface area contributed by atoms with Crippen molar-refractivity contribution in [1.82, 2.24) is 9.88 Å². The second-order valence-electron chi connectivity index (χ2n) is 6.16. The summed E-state index contributed by atoms with van der Waals surface area (Å²) in [7, 11) is 0. The Bertz CT molecular complexity index is 416. The summed E-state index contributed by atoms with van der Waals surface area (Å²) in [5.74, 6) is 5.44. The van der Waals surface area contributed by atoms with Crippen molar-refractivity contribution in [2.75, 3.05) is 18.5 Å². The van der Waals surface area contributed by atoms with Crippen LogP contribution in [-0.2, 0) is 6.54 Å². The van der Waals surface area contributed by atoms with Crippen LogP contribution in [0.5, 0.6) is 0 Å². The predicted molar refractivity (Wildman–Crippen MR) is 77.5 cm³/mol. The third-order valence-electron chi connectivity index (χ3n) is 4.95. The Labute approximate surface area is 115 Å². The lowest BCUT2D eigenvalue weighted by Crippen LogP contribution is -2.38. The molecule has 0 aromatic carbocycles. The highest BCUT2D eigenvalue weighted by Crippen LogP contribution is 2.46. The molecular weight excluding hydrogens is 236 g/mol. The number of aromatic nitrogens is 1. The Balaban J connectivity index is 1.56. The van der Waals surface area contributed by atoms with Gasteiger partial charge in [0.1, 0.15) is 0 Å². The molecule has 104 valence electrons. The van der Waals surface area contributed by atoms with E-state index in [1.165, 1.54) is 51.6 Å². The predicted octanol–water partition coefficient (Wildman–Crippen LogP) is 2.52. The maximum Gasteiger partial charge on any atom is 0.0564 e. The standard InChI is InChI=1S/C15H24N4/c16-18-13-3-8-17-14(11-13)12-19-9-6-15(7-10-19)4-1-2-5-15/h3,8,11H,1-2,4-7,9-10,12,16H2,(H,17,18). The summed E-state index contributed by atoms with van der Waals surface area (Å²) in [4.78, 5) is 6.97. The largest absolute Gasteiger partial charge is 0.324 e. The average molecular weight is 260 g/mol. The SMILES string of the molecule is NNc1ccnc(CN2CCC3(CCCC3)CC2)c1. The van der Waals surface area contributed by atoms with E-state index in [9.17, 15) is 0 Å². The lowest BCUT2D eigenvalue weighted by Gasteiger charge is -2.39. The van der Waals surface area contributed by atoms with Gasteiger partial charge in [-0.15, -0.1) is 0 Å². The van der Waals surface area contributed by atoms with E-state index in [0.717, 1.165) is 17.9 Å². The zero-order valence-electron chi connectivity index (χ0n) is 11.6. The van der Waals surface area contributed by atoms with Crippen molar-refractivity contribution in [2.45, 2.75) is 45.1 Å². The van der Waals surface area contributed by atoms with Crippen LogP contribution in [0.4, 0.5) is 5.69 Å². The van der Waals surface area contributed by atoms with E-state index in [1.54, 1.807) is 0 Å². The van der Waals surface area contributed by atoms with Crippen molar-refractivity contribution in [3.63, 3.8) is 0 Å². The first-order valence-electron chi connectivity index (χ1n) is 7.44. The second-order valence-corrected chi connectivity index (χ2v) is 6.16. The Morgan fingerprint density at radius 2 is 1.95 bits per heavy atom. The van der Waals surface area contributed by atoms with Gasteiger partial charge in [0.2, 0.25) is 0 Å². The molecule has 19 heavy (non-hydrogen) atoms. The first kappa shape index (κ1) is 12.9. The fourth-order valence-electron chi connectivity index (χ4n) is 3.69. The van der Waals surface area contributed by atoms with Crippen LogP contribution >= 0.6 is 0 Å². The molecule has 1 aromatic rings. The number of hydrogen-bond donors (Lipinski definition) is 2.